The molecule has 8 heteroatoms. The van der Waals surface area contributed by atoms with E-state index in [1.165, 1.54) is 19.2 Å². The van der Waals surface area contributed by atoms with Crippen LogP contribution in [0.5, 0.6) is 0 Å². The molecule has 0 radical (unpaired) electrons. The van der Waals surface area contributed by atoms with Gasteiger partial charge in [0.15, 0.2) is 0 Å². The van der Waals surface area contributed by atoms with Crippen molar-refractivity contribution in [2.24, 2.45) is 0 Å². The number of thiophene rings is 1. The van der Waals surface area contributed by atoms with E-state index in [4.69, 9.17) is 16.7 Å². The molecule has 0 atom stereocenters. The summed E-state index contributed by atoms with van der Waals surface area (Å²) >= 11 is 6.47. The molecule has 20 heavy (non-hydrogen) atoms. The molecule has 2 aromatic rings. The van der Waals surface area contributed by atoms with Crippen LogP contribution in [0.2, 0.25) is 5.02 Å². The Morgan fingerprint density at radius 2 is 1.80 bits per heavy atom. The van der Waals surface area contributed by atoms with E-state index in [9.17, 15) is 13.2 Å². The van der Waals surface area contributed by atoms with E-state index in [-0.39, 0.29) is 9.09 Å². The van der Waals surface area contributed by atoms with Crippen molar-refractivity contribution in [2.75, 3.05) is 11.4 Å². The third-order valence-corrected chi connectivity index (χ3v) is 6.18. The number of nitrogens with zero attached hydrogens (tertiary/aromatic N) is 1. The second kappa shape index (κ2) is 5.43. The van der Waals surface area contributed by atoms with Crippen LogP contribution in [0.4, 0.5) is 5.69 Å². The van der Waals surface area contributed by atoms with E-state index < -0.39 is 16.0 Å². The first-order valence-electron chi connectivity index (χ1n) is 5.40. The molecule has 0 aliphatic rings. The number of carboxylic acid groups (broad SMARTS) is 1. The lowest BCUT2D eigenvalue weighted by atomic mass is 10.3. The summed E-state index contributed by atoms with van der Waals surface area (Å²) in [7, 11) is -2.37. The Labute approximate surface area is 125 Å². The lowest BCUT2D eigenvalue weighted by molar-refractivity contribution is 0.0702. The Morgan fingerprint density at radius 1 is 1.20 bits per heavy atom. The fourth-order valence-electron chi connectivity index (χ4n) is 1.50. The maximum atomic E-state index is 12.4. The maximum Gasteiger partial charge on any atom is 0.345 e. The summed E-state index contributed by atoms with van der Waals surface area (Å²) in [6.45, 7) is 0. The predicted octanol–water partition coefficient (Wildman–Crippen LogP) is 2.92. The fraction of sp³-hybridized carbons (Fsp3) is 0.0833. The van der Waals surface area contributed by atoms with Crippen molar-refractivity contribution < 1.29 is 18.3 Å². The number of halogens is 1. The van der Waals surface area contributed by atoms with Gasteiger partial charge in [0.2, 0.25) is 0 Å². The number of benzene rings is 1. The Kier molecular flexibility index (Phi) is 4.03. The van der Waals surface area contributed by atoms with Crippen LogP contribution in [0.25, 0.3) is 0 Å². The number of carbonyl (C=O) groups is 1. The monoisotopic (exact) mass is 331 g/mol. The van der Waals surface area contributed by atoms with Crippen molar-refractivity contribution in [3.8, 4) is 0 Å². The highest BCUT2D eigenvalue weighted by Gasteiger charge is 2.24. The lowest BCUT2D eigenvalue weighted by Crippen LogP contribution is -2.25. The Hall–Kier alpha value is -1.57. The number of carboxylic acids is 1. The molecule has 1 N–H and O–H groups in total. The summed E-state index contributed by atoms with van der Waals surface area (Å²) < 4.78 is 25.8. The molecular formula is C12H10ClNO4S2. The Morgan fingerprint density at radius 3 is 2.30 bits per heavy atom. The van der Waals surface area contributed by atoms with Gasteiger partial charge in [-0.1, -0.05) is 11.6 Å². The van der Waals surface area contributed by atoms with Crippen LogP contribution in [0, 0.1) is 0 Å². The van der Waals surface area contributed by atoms with Gasteiger partial charge in [-0.3, -0.25) is 4.31 Å². The number of hydrogen-bond donors (Lipinski definition) is 1. The zero-order valence-electron chi connectivity index (χ0n) is 10.3. The molecule has 0 amide bonds. The lowest BCUT2D eigenvalue weighted by Gasteiger charge is -2.18. The molecule has 0 bridgehead atoms. The highest BCUT2D eigenvalue weighted by Crippen LogP contribution is 2.28. The largest absolute Gasteiger partial charge is 0.477 e. The van der Waals surface area contributed by atoms with Gasteiger partial charge in [0, 0.05) is 12.1 Å². The maximum absolute atomic E-state index is 12.4. The molecule has 1 heterocycles. The van der Waals surface area contributed by atoms with Gasteiger partial charge in [-0.15, -0.1) is 11.3 Å². The van der Waals surface area contributed by atoms with Crippen LogP contribution in [-0.4, -0.2) is 26.5 Å². The Balaban J connectivity index is 2.38. The van der Waals surface area contributed by atoms with Crippen LogP contribution in [0.3, 0.4) is 0 Å². The van der Waals surface area contributed by atoms with E-state index in [2.05, 4.69) is 0 Å². The van der Waals surface area contributed by atoms with Crippen molar-refractivity contribution in [2.45, 2.75) is 4.21 Å². The van der Waals surface area contributed by atoms with Crippen molar-refractivity contribution in [1.29, 1.82) is 0 Å². The third-order valence-electron chi connectivity index (χ3n) is 2.60. The zero-order chi connectivity index (χ0) is 14.9. The van der Waals surface area contributed by atoms with Gasteiger partial charge in [0.25, 0.3) is 10.0 Å². The number of anilines is 1. The van der Waals surface area contributed by atoms with E-state index in [0.717, 1.165) is 15.6 Å². The van der Waals surface area contributed by atoms with Gasteiger partial charge in [0.05, 0.1) is 5.69 Å². The topological polar surface area (TPSA) is 74.7 Å². The molecule has 1 aromatic heterocycles. The van der Waals surface area contributed by atoms with Crippen molar-refractivity contribution in [3.05, 3.63) is 46.3 Å². The quantitative estimate of drug-likeness (QED) is 0.934. The summed E-state index contributed by atoms with van der Waals surface area (Å²) in [4.78, 5) is 10.8. The second-order valence-electron chi connectivity index (χ2n) is 3.87. The highest BCUT2D eigenvalue weighted by atomic mass is 35.5. The summed E-state index contributed by atoms with van der Waals surface area (Å²) in [6, 6.07) is 8.88. The average Bonchev–Trinajstić information content (AvgIpc) is 2.89. The summed E-state index contributed by atoms with van der Waals surface area (Å²) in [6.07, 6.45) is 0. The summed E-state index contributed by atoms with van der Waals surface area (Å²) in [5, 5.41) is 9.34. The van der Waals surface area contributed by atoms with Crippen molar-refractivity contribution in [3.63, 3.8) is 0 Å². The minimum atomic E-state index is -3.77. The molecule has 0 fully saturated rings. The van der Waals surface area contributed by atoms with E-state index in [0.29, 0.717) is 10.7 Å². The Bertz CT molecular complexity index is 737. The van der Waals surface area contributed by atoms with Crippen LogP contribution in [0.1, 0.15) is 9.67 Å². The van der Waals surface area contributed by atoms with Crippen LogP contribution >= 0.6 is 22.9 Å². The number of rotatable bonds is 4. The minimum Gasteiger partial charge on any atom is -0.477 e. The smallest absolute Gasteiger partial charge is 0.345 e. The molecule has 0 saturated carbocycles. The summed E-state index contributed by atoms with van der Waals surface area (Å²) in [5.74, 6) is -1.15. The molecular weight excluding hydrogens is 322 g/mol. The van der Waals surface area contributed by atoms with E-state index >= 15 is 0 Å². The van der Waals surface area contributed by atoms with Crippen LogP contribution < -0.4 is 4.31 Å². The van der Waals surface area contributed by atoms with E-state index in [1.807, 2.05) is 0 Å². The van der Waals surface area contributed by atoms with Gasteiger partial charge >= 0.3 is 5.97 Å². The zero-order valence-corrected chi connectivity index (χ0v) is 12.7. The molecule has 2 rings (SSSR count). The molecule has 0 unspecified atom stereocenters. The molecule has 0 aliphatic carbocycles. The van der Waals surface area contributed by atoms with Gasteiger partial charge in [-0.2, -0.15) is 0 Å². The summed E-state index contributed by atoms with van der Waals surface area (Å²) in [5.41, 5.74) is 0.444. The first-order valence-corrected chi connectivity index (χ1v) is 8.03. The first-order chi connectivity index (χ1) is 9.32. The molecule has 5 nitrogen and oxygen atoms in total. The number of sulfonamides is 1. The van der Waals surface area contributed by atoms with Crippen LogP contribution in [0.15, 0.2) is 40.6 Å². The van der Waals surface area contributed by atoms with Gasteiger partial charge < -0.3 is 5.11 Å². The molecule has 1 aromatic carbocycles. The van der Waals surface area contributed by atoms with Crippen molar-refractivity contribution in [1.82, 2.24) is 0 Å². The average molecular weight is 332 g/mol. The van der Waals surface area contributed by atoms with Gasteiger partial charge in [-0.05, 0) is 36.4 Å². The van der Waals surface area contributed by atoms with E-state index in [1.54, 1.807) is 24.3 Å². The van der Waals surface area contributed by atoms with Crippen molar-refractivity contribution >= 4 is 44.6 Å². The normalized spacial score (nSPS) is 11.3. The van der Waals surface area contributed by atoms with Gasteiger partial charge in [-0.25, -0.2) is 13.2 Å². The minimum absolute atomic E-state index is 0.0203. The first kappa shape index (κ1) is 14.8. The molecule has 0 spiro atoms. The standard InChI is InChI=1S/C12H10ClNO4S2/c1-14(9-4-2-8(13)3-5-9)20(17,18)11-7-6-10(19-11)12(15)16/h2-7H,1H3,(H,15,16). The fourth-order valence-corrected chi connectivity index (χ4v) is 4.14. The molecule has 106 valence electrons. The third kappa shape index (κ3) is 2.79. The number of hydrogen-bond acceptors (Lipinski definition) is 4. The highest BCUT2D eigenvalue weighted by molar-refractivity contribution is 7.94. The van der Waals surface area contributed by atoms with Gasteiger partial charge in [0.1, 0.15) is 9.09 Å². The second-order valence-corrected chi connectivity index (χ2v) is 7.59. The number of aromatic carboxylic acids is 1. The molecule has 0 aliphatic heterocycles. The predicted molar refractivity (Wildman–Crippen MR) is 78.3 cm³/mol. The van der Waals surface area contributed by atoms with Crippen LogP contribution in [-0.2, 0) is 10.0 Å². The molecule has 0 saturated heterocycles. The SMILES string of the molecule is CN(c1ccc(Cl)cc1)S(=O)(=O)c1ccc(C(=O)O)s1.